The second kappa shape index (κ2) is 7.63. The van der Waals surface area contributed by atoms with Crippen LogP contribution in [-0.4, -0.2) is 57.4 Å². The lowest BCUT2D eigenvalue weighted by atomic mass is 9.49. The Morgan fingerprint density at radius 2 is 1.76 bits per heavy atom. The summed E-state index contributed by atoms with van der Waals surface area (Å²) >= 11 is 0. The molecule has 1 N–H and O–H groups in total. The van der Waals surface area contributed by atoms with E-state index >= 15 is 0 Å². The maximum Gasteiger partial charge on any atom is 0.263 e. The van der Waals surface area contributed by atoms with E-state index in [9.17, 15) is 9.59 Å². The molecule has 5 aliphatic rings. The highest BCUT2D eigenvalue weighted by atomic mass is 16.1. The SMILES string of the molecule is CC(=O)c1c(C)c2cnc(Nc3ccc(N4CC5(C4)CN(C(C)C)C5)cc3)nc2n(C23CC(C2)C3)c1=O. The van der Waals surface area contributed by atoms with Crippen molar-refractivity contribution >= 4 is 34.1 Å². The maximum absolute atomic E-state index is 13.5. The number of Topliss-reactive ketones (excluding diaryl/α,β-unsaturated/α-hetero) is 1. The average Bonchev–Trinajstić information content (AvgIpc) is 2.73. The number of rotatable bonds is 6. The molecule has 3 aromatic rings. The predicted molar refractivity (Wildman–Crippen MR) is 145 cm³/mol. The molecule has 2 aromatic heterocycles. The normalized spacial score (nSPS) is 25.4. The molecule has 8 nitrogen and oxygen atoms in total. The molecule has 8 rings (SSSR count). The van der Waals surface area contributed by atoms with Crippen LogP contribution in [0.15, 0.2) is 35.3 Å². The molecular formula is C29H34N6O2. The number of benzene rings is 1. The first-order valence-corrected chi connectivity index (χ1v) is 13.5. The molecule has 0 unspecified atom stereocenters. The van der Waals surface area contributed by atoms with Crippen molar-refractivity contribution < 1.29 is 4.79 Å². The standard InChI is InChI=1S/C29H34N6O2/c1-17(2)33-13-28(14-33)15-34(16-28)22-7-5-21(6-8-22)31-27-30-12-23-18(3)24(19(4)36)26(37)35(25(23)32-27)29-9-20(10-29)11-29/h5-8,12,17,20H,9-11,13-16H2,1-4H3,(H,30,31,32). The van der Waals surface area contributed by atoms with Crippen molar-refractivity contribution in [2.24, 2.45) is 11.3 Å². The third kappa shape index (κ3) is 3.31. The van der Waals surface area contributed by atoms with E-state index in [4.69, 9.17) is 4.98 Å². The van der Waals surface area contributed by atoms with Crippen LogP contribution in [0.3, 0.4) is 0 Å². The number of carbonyl (C=O) groups is 1. The molecule has 8 heteroatoms. The molecule has 2 aliphatic heterocycles. The molecule has 3 aliphatic carbocycles. The Hall–Kier alpha value is -3.26. The van der Waals surface area contributed by atoms with Gasteiger partial charge in [0.05, 0.1) is 11.1 Å². The summed E-state index contributed by atoms with van der Waals surface area (Å²) < 4.78 is 1.81. The number of hydrogen-bond acceptors (Lipinski definition) is 7. The fourth-order valence-electron chi connectivity index (χ4n) is 7.14. The zero-order chi connectivity index (χ0) is 25.7. The van der Waals surface area contributed by atoms with Gasteiger partial charge in [0.2, 0.25) is 5.95 Å². The van der Waals surface area contributed by atoms with Gasteiger partial charge in [-0.3, -0.25) is 19.1 Å². The van der Waals surface area contributed by atoms with Crippen molar-refractivity contribution in [3.63, 3.8) is 0 Å². The molecule has 2 bridgehead atoms. The van der Waals surface area contributed by atoms with Gasteiger partial charge in [-0.05, 0) is 82.7 Å². The molecule has 2 saturated heterocycles. The van der Waals surface area contributed by atoms with E-state index in [2.05, 4.69) is 58.2 Å². The van der Waals surface area contributed by atoms with Crippen LogP contribution in [0.1, 0.15) is 56.0 Å². The van der Waals surface area contributed by atoms with Crippen LogP contribution in [0.2, 0.25) is 0 Å². The third-order valence-corrected chi connectivity index (χ3v) is 9.36. The number of pyridine rings is 1. The van der Waals surface area contributed by atoms with Gasteiger partial charge in [0.15, 0.2) is 5.78 Å². The highest BCUT2D eigenvalue weighted by molar-refractivity contribution is 5.99. The van der Waals surface area contributed by atoms with Crippen LogP contribution in [0.5, 0.6) is 0 Å². The Morgan fingerprint density at radius 3 is 2.32 bits per heavy atom. The summed E-state index contributed by atoms with van der Waals surface area (Å²) in [6.45, 7) is 12.5. The summed E-state index contributed by atoms with van der Waals surface area (Å²) in [5.41, 5.74) is 3.79. The van der Waals surface area contributed by atoms with Crippen LogP contribution >= 0.6 is 0 Å². The number of hydrogen-bond donors (Lipinski definition) is 1. The van der Waals surface area contributed by atoms with Crippen molar-refractivity contribution in [2.75, 3.05) is 36.4 Å². The second-order valence-corrected chi connectivity index (χ2v) is 12.4. The number of nitrogens with one attached hydrogen (secondary N) is 1. The molecule has 1 spiro atoms. The summed E-state index contributed by atoms with van der Waals surface area (Å²) in [5.74, 6) is 0.956. The van der Waals surface area contributed by atoms with Gasteiger partial charge >= 0.3 is 0 Å². The Labute approximate surface area is 216 Å². The maximum atomic E-state index is 13.5. The van der Waals surface area contributed by atoms with Crippen molar-refractivity contribution in [1.29, 1.82) is 0 Å². The molecule has 192 valence electrons. The van der Waals surface area contributed by atoms with E-state index in [-0.39, 0.29) is 22.4 Å². The Kier molecular flexibility index (Phi) is 4.72. The number of aromatic nitrogens is 3. The number of likely N-dealkylation sites (tertiary alicyclic amines) is 1. The topological polar surface area (TPSA) is 83.4 Å². The average molecular weight is 499 g/mol. The third-order valence-electron chi connectivity index (χ3n) is 9.36. The fourth-order valence-corrected chi connectivity index (χ4v) is 7.14. The first-order chi connectivity index (χ1) is 17.7. The highest BCUT2D eigenvalue weighted by Crippen LogP contribution is 2.62. The summed E-state index contributed by atoms with van der Waals surface area (Å²) in [5, 5.41) is 4.10. The monoisotopic (exact) mass is 498 g/mol. The highest BCUT2D eigenvalue weighted by Gasteiger charge is 2.59. The Balaban J connectivity index is 1.14. The summed E-state index contributed by atoms with van der Waals surface area (Å²) in [4.78, 5) is 40.2. The lowest BCUT2D eigenvalue weighted by Gasteiger charge is -2.62. The van der Waals surface area contributed by atoms with Gasteiger partial charge in [-0.25, -0.2) is 4.98 Å². The fraction of sp³-hybridized carbons (Fsp3) is 0.517. The minimum absolute atomic E-state index is 0.188. The Morgan fingerprint density at radius 1 is 1.08 bits per heavy atom. The van der Waals surface area contributed by atoms with E-state index in [0.29, 0.717) is 34.5 Å². The van der Waals surface area contributed by atoms with E-state index in [0.717, 1.165) is 43.4 Å². The molecule has 4 heterocycles. The zero-order valence-corrected chi connectivity index (χ0v) is 22.0. The molecule has 37 heavy (non-hydrogen) atoms. The van der Waals surface area contributed by atoms with Crippen molar-refractivity contribution in [2.45, 2.75) is 58.5 Å². The van der Waals surface area contributed by atoms with Crippen LogP contribution in [0, 0.1) is 18.3 Å². The largest absolute Gasteiger partial charge is 0.370 e. The molecule has 1 aromatic carbocycles. The first kappa shape index (κ1) is 22.9. The molecule has 3 saturated carbocycles. The minimum atomic E-state index is -0.208. The quantitative estimate of drug-likeness (QED) is 0.513. The lowest BCUT2D eigenvalue weighted by Crippen LogP contribution is -2.73. The lowest BCUT2D eigenvalue weighted by molar-refractivity contribution is -0.0884. The van der Waals surface area contributed by atoms with Crippen molar-refractivity contribution in [3.05, 3.63) is 51.9 Å². The zero-order valence-electron chi connectivity index (χ0n) is 22.0. The van der Waals surface area contributed by atoms with E-state index in [1.807, 2.05) is 11.5 Å². The smallest absolute Gasteiger partial charge is 0.263 e. The number of ketones is 1. The molecule has 0 amide bonds. The van der Waals surface area contributed by atoms with E-state index in [1.54, 1.807) is 6.20 Å². The van der Waals surface area contributed by atoms with Gasteiger partial charge in [-0.1, -0.05) is 0 Å². The van der Waals surface area contributed by atoms with Crippen LogP contribution < -0.4 is 15.8 Å². The van der Waals surface area contributed by atoms with Crippen molar-refractivity contribution in [3.8, 4) is 0 Å². The minimum Gasteiger partial charge on any atom is -0.370 e. The predicted octanol–water partition coefficient (Wildman–Crippen LogP) is 4.09. The first-order valence-electron chi connectivity index (χ1n) is 13.5. The van der Waals surface area contributed by atoms with Gasteiger partial charge in [0.25, 0.3) is 5.56 Å². The summed E-state index contributed by atoms with van der Waals surface area (Å²) in [6.07, 6.45) is 4.72. The Bertz CT molecular complexity index is 1480. The van der Waals surface area contributed by atoms with Gasteiger partial charge in [0.1, 0.15) is 5.65 Å². The summed E-state index contributed by atoms with van der Waals surface area (Å²) in [6, 6.07) is 9.06. The van der Waals surface area contributed by atoms with Crippen LogP contribution in [0.4, 0.5) is 17.3 Å². The van der Waals surface area contributed by atoms with E-state index in [1.165, 1.54) is 25.7 Å². The van der Waals surface area contributed by atoms with Crippen LogP contribution in [0.25, 0.3) is 11.0 Å². The number of anilines is 3. The molecule has 5 fully saturated rings. The number of carbonyl (C=O) groups excluding carboxylic acids is 1. The molecule has 0 radical (unpaired) electrons. The van der Waals surface area contributed by atoms with Crippen molar-refractivity contribution in [1.82, 2.24) is 19.4 Å². The number of fused-ring (bicyclic) bond motifs is 1. The number of aryl methyl sites for hydroxylation is 1. The van der Waals surface area contributed by atoms with E-state index < -0.39 is 0 Å². The number of nitrogens with zero attached hydrogens (tertiary/aromatic N) is 5. The van der Waals surface area contributed by atoms with Crippen LogP contribution in [-0.2, 0) is 5.54 Å². The molecular weight excluding hydrogens is 464 g/mol. The van der Waals surface area contributed by atoms with Gasteiger partial charge < -0.3 is 10.2 Å². The second-order valence-electron chi connectivity index (χ2n) is 12.4. The van der Waals surface area contributed by atoms with Gasteiger partial charge in [0, 0.05) is 60.6 Å². The van der Waals surface area contributed by atoms with Gasteiger partial charge in [-0.2, -0.15) is 4.98 Å². The summed E-state index contributed by atoms with van der Waals surface area (Å²) in [7, 11) is 0. The molecule has 0 atom stereocenters. The van der Waals surface area contributed by atoms with Gasteiger partial charge in [-0.15, -0.1) is 0 Å².